The number of carbonyl (C=O) groups excluding carboxylic acids is 1. The van der Waals surface area contributed by atoms with Gasteiger partial charge < -0.3 is 19.4 Å². The molecule has 0 N–H and O–H groups in total. The summed E-state index contributed by atoms with van der Waals surface area (Å²) in [4.78, 5) is 35.3. The number of likely N-dealkylation sites (tertiary alicyclic amines) is 1. The Kier molecular flexibility index (Phi) is 8.50. The fourth-order valence-electron chi connectivity index (χ4n) is 6.38. The number of benzene rings is 3. The van der Waals surface area contributed by atoms with Crippen LogP contribution in [0.5, 0.6) is 5.75 Å². The molecule has 2 fully saturated rings. The number of aromatic nitrogens is 2. The number of hydrogen-bond donors (Lipinski definition) is 0. The highest BCUT2D eigenvalue weighted by Crippen LogP contribution is 2.30. The van der Waals surface area contributed by atoms with Crippen molar-refractivity contribution in [1.82, 2.24) is 23.2 Å². The number of likely N-dealkylation sites (N-methyl/N-ethyl adjacent to an activating group) is 1. The number of rotatable bonds is 8. The Morgan fingerprint density at radius 2 is 1.69 bits per heavy atom. The molecule has 6 rings (SSSR count). The van der Waals surface area contributed by atoms with E-state index in [4.69, 9.17) is 4.74 Å². The summed E-state index contributed by atoms with van der Waals surface area (Å²) < 4.78 is 35.2. The van der Waals surface area contributed by atoms with Gasteiger partial charge in [0, 0.05) is 45.8 Å². The summed E-state index contributed by atoms with van der Waals surface area (Å²) in [7, 11) is -0.799. The van der Waals surface area contributed by atoms with Crippen LogP contribution in [0.2, 0.25) is 0 Å². The molecule has 0 bridgehead atoms. The fraction of sp³-hybridized carbons (Fsp3) is 0.364. The van der Waals surface area contributed by atoms with E-state index in [0.717, 1.165) is 43.1 Å². The predicted octanol–water partition coefficient (Wildman–Crippen LogP) is 2.61. The van der Waals surface area contributed by atoms with Gasteiger partial charge in [0.1, 0.15) is 11.8 Å². The van der Waals surface area contributed by atoms with E-state index in [1.165, 1.54) is 54.1 Å². The monoisotopic (exact) mass is 628 g/mol. The molecular weight excluding hydrogens is 592 g/mol. The Bertz CT molecular complexity index is 1910. The van der Waals surface area contributed by atoms with Gasteiger partial charge in [0.2, 0.25) is 5.91 Å². The van der Waals surface area contributed by atoms with E-state index in [1.807, 2.05) is 6.07 Å². The molecule has 11 nitrogen and oxygen atoms in total. The van der Waals surface area contributed by atoms with Gasteiger partial charge in [0.15, 0.2) is 0 Å². The van der Waals surface area contributed by atoms with E-state index < -0.39 is 21.8 Å². The number of hydrogen-bond acceptors (Lipinski definition) is 8. The Labute approximate surface area is 262 Å². The number of ether oxygens (including phenoxy) is 1. The van der Waals surface area contributed by atoms with Gasteiger partial charge in [-0.25, -0.2) is 13.2 Å². The summed E-state index contributed by atoms with van der Waals surface area (Å²) in [5.74, 6) is 0.480. The minimum Gasteiger partial charge on any atom is -0.497 e. The van der Waals surface area contributed by atoms with E-state index in [9.17, 15) is 23.3 Å². The summed E-state index contributed by atoms with van der Waals surface area (Å²) >= 11 is 0. The average Bonchev–Trinajstić information content (AvgIpc) is 3.64. The van der Waals surface area contributed by atoms with Crippen LogP contribution in [0.25, 0.3) is 11.0 Å². The Hall–Kier alpha value is -4.44. The van der Waals surface area contributed by atoms with E-state index in [1.54, 1.807) is 29.2 Å². The largest absolute Gasteiger partial charge is 0.497 e. The summed E-state index contributed by atoms with van der Waals surface area (Å²) in [5, 5.41) is 9.71. The third-order valence-corrected chi connectivity index (χ3v) is 10.6. The van der Waals surface area contributed by atoms with Gasteiger partial charge >= 0.3 is 5.69 Å². The SMILES string of the molecule is COc1ccc(S(=O)(=O)n2c(=O)n(C(C(=O)N3CC[C@H](CN4CCN(C)CC4)C3)c3ccccc3)c3cc(C#N)ccc32)cc1. The predicted molar refractivity (Wildman–Crippen MR) is 170 cm³/mol. The second-order valence-corrected chi connectivity index (χ2v) is 13.6. The van der Waals surface area contributed by atoms with Crippen molar-refractivity contribution in [3.63, 3.8) is 0 Å². The third kappa shape index (κ3) is 5.86. The van der Waals surface area contributed by atoms with Crippen LogP contribution in [0.15, 0.2) is 82.5 Å². The van der Waals surface area contributed by atoms with Gasteiger partial charge in [-0.1, -0.05) is 30.3 Å². The number of amides is 1. The minimum absolute atomic E-state index is 0.0814. The van der Waals surface area contributed by atoms with Crippen LogP contribution in [0.1, 0.15) is 23.6 Å². The van der Waals surface area contributed by atoms with Gasteiger partial charge in [-0.2, -0.15) is 9.23 Å². The molecule has 0 spiro atoms. The van der Waals surface area contributed by atoms with Crippen molar-refractivity contribution >= 4 is 27.0 Å². The van der Waals surface area contributed by atoms with Gasteiger partial charge in [0.05, 0.1) is 34.7 Å². The highest BCUT2D eigenvalue weighted by atomic mass is 32.2. The second kappa shape index (κ2) is 12.5. The molecule has 2 aliphatic rings. The fourth-order valence-corrected chi connectivity index (χ4v) is 7.78. The van der Waals surface area contributed by atoms with Crippen molar-refractivity contribution in [2.75, 3.05) is 60.0 Å². The van der Waals surface area contributed by atoms with Crippen molar-refractivity contribution < 1.29 is 17.9 Å². The van der Waals surface area contributed by atoms with Gasteiger partial charge in [-0.15, -0.1) is 0 Å². The van der Waals surface area contributed by atoms with Crippen LogP contribution in [-0.4, -0.2) is 97.5 Å². The molecule has 12 heteroatoms. The van der Waals surface area contributed by atoms with Crippen LogP contribution in [0.4, 0.5) is 0 Å². The number of fused-ring (bicyclic) bond motifs is 1. The zero-order valence-corrected chi connectivity index (χ0v) is 26.2. The average molecular weight is 629 g/mol. The Balaban J connectivity index is 1.44. The molecule has 1 aromatic heterocycles. The first-order valence-corrected chi connectivity index (χ1v) is 16.5. The number of nitrogens with zero attached hydrogens (tertiary/aromatic N) is 6. The summed E-state index contributed by atoms with van der Waals surface area (Å²) in [6.07, 6.45) is 0.848. The molecule has 2 saturated heterocycles. The minimum atomic E-state index is -4.40. The molecule has 0 aliphatic carbocycles. The maximum absolute atomic E-state index is 14.5. The highest BCUT2D eigenvalue weighted by Gasteiger charge is 2.37. The molecule has 1 amide bonds. The van der Waals surface area contributed by atoms with Crippen LogP contribution in [0.3, 0.4) is 0 Å². The zero-order chi connectivity index (χ0) is 31.7. The Morgan fingerprint density at radius 3 is 2.36 bits per heavy atom. The Morgan fingerprint density at radius 1 is 0.978 bits per heavy atom. The molecule has 3 heterocycles. The quantitative estimate of drug-likeness (QED) is 0.292. The number of piperazine rings is 1. The molecule has 0 radical (unpaired) electrons. The normalized spacial score (nSPS) is 18.6. The number of nitriles is 1. The molecule has 4 aromatic rings. The van der Waals surface area contributed by atoms with Gasteiger partial charge in [-0.3, -0.25) is 9.36 Å². The first kappa shape index (κ1) is 30.6. The summed E-state index contributed by atoms with van der Waals surface area (Å²) in [5.41, 5.74) is 0.175. The highest BCUT2D eigenvalue weighted by molar-refractivity contribution is 7.90. The lowest BCUT2D eigenvalue weighted by Crippen LogP contribution is -2.46. The second-order valence-electron chi connectivity index (χ2n) is 11.8. The van der Waals surface area contributed by atoms with E-state index in [0.29, 0.717) is 30.3 Å². The van der Waals surface area contributed by atoms with Crippen LogP contribution in [-0.2, 0) is 14.8 Å². The number of imidazole rings is 1. The van der Waals surface area contributed by atoms with Crippen LogP contribution in [0, 0.1) is 17.2 Å². The molecule has 2 aliphatic heterocycles. The zero-order valence-electron chi connectivity index (χ0n) is 25.4. The lowest BCUT2D eigenvalue weighted by atomic mass is 10.0. The first-order chi connectivity index (χ1) is 21.7. The summed E-state index contributed by atoms with van der Waals surface area (Å²) in [6.45, 7) is 6.01. The topological polar surface area (TPSA) is 121 Å². The van der Waals surface area contributed by atoms with Crippen LogP contribution < -0.4 is 10.4 Å². The molecule has 1 unspecified atom stereocenters. The smallest absolute Gasteiger partial charge is 0.344 e. The van der Waals surface area contributed by atoms with Crippen LogP contribution >= 0.6 is 0 Å². The van der Waals surface area contributed by atoms with Crippen molar-refractivity contribution in [3.05, 3.63) is 94.4 Å². The first-order valence-electron chi connectivity index (χ1n) is 15.0. The molecule has 0 saturated carbocycles. The van der Waals surface area contributed by atoms with Gasteiger partial charge in [0.25, 0.3) is 10.0 Å². The van der Waals surface area contributed by atoms with E-state index in [-0.39, 0.29) is 27.4 Å². The molecule has 2 atom stereocenters. The molecular formula is C33H36N6O5S. The molecule has 45 heavy (non-hydrogen) atoms. The maximum atomic E-state index is 14.5. The van der Waals surface area contributed by atoms with E-state index >= 15 is 0 Å². The van der Waals surface area contributed by atoms with Crippen molar-refractivity contribution in [2.24, 2.45) is 5.92 Å². The third-order valence-electron chi connectivity index (χ3n) is 8.88. The molecule has 3 aromatic carbocycles. The van der Waals surface area contributed by atoms with Crippen molar-refractivity contribution in [1.29, 1.82) is 5.26 Å². The number of carbonyl (C=O) groups is 1. The molecule has 234 valence electrons. The number of methoxy groups -OCH3 is 1. The lowest BCUT2D eigenvalue weighted by molar-refractivity contribution is -0.132. The maximum Gasteiger partial charge on any atom is 0.344 e. The van der Waals surface area contributed by atoms with Crippen molar-refractivity contribution in [2.45, 2.75) is 17.4 Å². The standard InChI is InChI=1S/C33H36N6O5S/c1-35-16-18-36(19-17-35)22-25-14-15-37(23-25)32(40)31(26-6-4-3-5-7-26)38-30-20-24(21-34)8-13-29(30)39(33(38)41)45(42,43)28-11-9-27(44-2)10-12-28/h3-13,20,25,31H,14-19,22-23H2,1-2H3/t25-,31?/m1/s1. The lowest BCUT2D eigenvalue weighted by Gasteiger charge is -2.34. The summed E-state index contributed by atoms with van der Waals surface area (Å²) in [6, 6.07) is 20.0. The van der Waals surface area contributed by atoms with E-state index in [2.05, 4.69) is 22.9 Å². The van der Waals surface area contributed by atoms with Crippen molar-refractivity contribution in [3.8, 4) is 11.8 Å². The van der Waals surface area contributed by atoms with Gasteiger partial charge in [-0.05, 0) is 67.4 Å².